The van der Waals surface area contributed by atoms with Crippen LogP contribution in [0.3, 0.4) is 0 Å². The Bertz CT molecular complexity index is 1160. The van der Waals surface area contributed by atoms with Crippen molar-refractivity contribution in [1.82, 2.24) is 14.5 Å². The lowest BCUT2D eigenvalue weighted by Gasteiger charge is -2.34. The van der Waals surface area contributed by atoms with Crippen LogP contribution in [0.4, 0.5) is 5.13 Å². The van der Waals surface area contributed by atoms with E-state index in [4.69, 9.17) is 4.98 Å². The number of benzene rings is 2. The molecule has 0 bridgehead atoms. The van der Waals surface area contributed by atoms with Crippen molar-refractivity contribution in [2.45, 2.75) is 13.3 Å². The van der Waals surface area contributed by atoms with Gasteiger partial charge >= 0.3 is 0 Å². The van der Waals surface area contributed by atoms with Gasteiger partial charge in [0.15, 0.2) is 5.13 Å². The average molecular weight is 417 g/mol. The number of rotatable bonds is 4. The van der Waals surface area contributed by atoms with Gasteiger partial charge in [0.2, 0.25) is 0 Å². The number of aryl methyl sites for hydroxylation is 1. The van der Waals surface area contributed by atoms with Gasteiger partial charge in [-0.25, -0.2) is 4.98 Å². The van der Waals surface area contributed by atoms with E-state index < -0.39 is 0 Å². The molecule has 0 N–H and O–H groups in total. The molecule has 0 atom stereocenters. The number of anilines is 1. The van der Waals surface area contributed by atoms with Crippen LogP contribution in [-0.2, 0) is 6.42 Å². The summed E-state index contributed by atoms with van der Waals surface area (Å²) in [7, 11) is 0. The van der Waals surface area contributed by atoms with Crippen LogP contribution in [0.1, 0.15) is 22.8 Å². The van der Waals surface area contributed by atoms with Crippen LogP contribution in [0.15, 0.2) is 67.0 Å². The van der Waals surface area contributed by atoms with Gasteiger partial charge in [-0.05, 0) is 60.5 Å². The number of amides is 1. The Hall–Kier alpha value is -3.12. The molecule has 6 heteroatoms. The van der Waals surface area contributed by atoms with E-state index >= 15 is 0 Å². The highest BCUT2D eigenvalue weighted by molar-refractivity contribution is 7.22. The molecule has 1 fully saturated rings. The van der Waals surface area contributed by atoms with Crippen molar-refractivity contribution in [3.63, 3.8) is 0 Å². The van der Waals surface area contributed by atoms with Gasteiger partial charge in [-0.2, -0.15) is 0 Å². The molecule has 0 radical (unpaired) electrons. The molecule has 5 nitrogen and oxygen atoms in total. The van der Waals surface area contributed by atoms with Crippen LogP contribution in [0.2, 0.25) is 0 Å². The molecular formula is C24H24N4OS. The minimum absolute atomic E-state index is 0.102. The summed E-state index contributed by atoms with van der Waals surface area (Å²) in [5, 5.41) is 1.06. The van der Waals surface area contributed by atoms with Gasteiger partial charge in [0.05, 0.1) is 10.2 Å². The molecular weight excluding hydrogens is 392 g/mol. The maximum absolute atomic E-state index is 12.9. The molecule has 1 amide bonds. The van der Waals surface area contributed by atoms with Crippen molar-refractivity contribution in [2.75, 3.05) is 31.1 Å². The maximum atomic E-state index is 12.9. The van der Waals surface area contributed by atoms with Crippen molar-refractivity contribution >= 4 is 32.6 Å². The van der Waals surface area contributed by atoms with Crippen LogP contribution >= 0.6 is 11.3 Å². The molecule has 1 aliphatic heterocycles. The Balaban J connectivity index is 1.25. The molecule has 1 aliphatic rings. The van der Waals surface area contributed by atoms with Crippen LogP contribution in [0.25, 0.3) is 15.9 Å². The molecule has 0 aliphatic carbocycles. The smallest absolute Gasteiger partial charge is 0.253 e. The molecule has 3 heterocycles. The second-order valence-electron chi connectivity index (χ2n) is 7.57. The molecule has 0 unspecified atom stereocenters. The van der Waals surface area contributed by atoms with Crippen LogP contribution in [0.5, 0.6) is 0 Å². The van der Waals surface area contributed by atoms with Crippen LogP contribution in [-0.4, -0.2) is 46.5 Å². The summed E-state index contributed by atoms with van der Waals surface area (Å²) in [6.45, 7) is 5.23. The minimum atomic E-state index is 0.102. The van der Waals surface area contributed by atoms with Crippen LogP contribution < -0.4 is 4.90 Å². The fourth-order valence-electron chi connectivity index (χ4n) is 3.88. The predicted molar refractivity (Wildman–Crippen MR) is 123 cm³/mol. The van der Waals surface area contributed by atoms with Crippen LogP contribution in [0, 0.1) is 0 Å². The summed E-state index contributed by atoms with van der Waals surface area (Å²) < 4.78 is 3.28. The third-order valence-electron chi connectivity index (χ3n) is 5.70. The Morgan fingerprint density at radius 3 is 2.43 bits per heavy atom. The quantitative estimate of drug-likeness (QED) is 0.488. The Morgan fingerprint density at radius 1 is 1.00 bits per heavy atom. The fourth-order valence-corrected chi connectivity index (χ4v) is 4.96. The number of carbonyl (C=O) groups is 1. The van der Waals surface area contributed by atoms with E-state index in [0.717, 1.165) is 41.4 Å². The van der Waals surface area contributed by atoms with Crippen molar-refractivity contribution in [2.24, 2.45) is 0 Å². The molecule has 4 aromatic rings. The molecule has 1 saturated heterocycles. The first-order chi connectivity index (χ1) is 14.7. The highest BCUT2D eigenvalue weighted by Gasteiger charge is 2.24. The number of nitrogens with zero attached hydrogens (tertiary/aromatic N) is 4. The lowest BCUT2D eigenvalue weighted by atomic mass is 10.1. The zero-order valence-corrected chi connectivity index (χ0v) is 17.8. The fraction of sp³-hybridized carbons (Fsp3) is 0.250. The standard InChI is InChI=1S/C24H24N4OS/c1-2-18-5-10-21-22(17-18)30-24(25-21)28-15-13-27(14-16-28)23(29)19-6-8-20(9-7-19)26-11-3-4-12-26/h3-12,17H,2,13-16H2,1H3. The zero-order valence-electron chi connectivity index (χ0n) is 17.0. The monoisotopic (exact) mass is 416 g/mol. The summed E-state index contributed by atoms with van der Waals surface area (Å²) >= 11 is 1.75. The average Bonchev–Trinajstić information content (AvgIpc) is 3.48. The van der Waals surface area contributed by atoms with Crippen molar-refractivity contribution in [3.05, 3.63) is 78.1 Å². The Morgan fingerprint density at radius 2 is 1.73 bits per heavy atom. The van der Waals surface area contributed by atoms with E-state index in [1.54, 1.807) is 11.3 Å². The summed E-state index contributed by atoms with van der Waals surface area (Å²) in [5.41, 5.74) is 4.21. The lowest BCUT2D eigenvalue weighted by molar-refractivity contribution is 0.0747. The molecule has 0 saturated carbocycles. The van der Waals surface area contributed by atoms with E-state index in [1.165, 1.54) is 10.3 Å². The highest BCUT2D eigenvalue weighted by atomic mass is 32.1. The largest absolute Gasteiger partial charge is 0.345 e. The van der Waals surface area contributed by atoms with Crippen molar-refractivity contribution in [3.8, 4) is 5.69 Å². The van der Waals surface area contributed by atoms with E-state index in [0.29, 0.717) is 13.1 Å². The Labute approximate surface area is 180 Å². The minimum Gasteiger partial charge on any atom is -0.345 e. The SMILES string of the molecule is CCc1ccc2nc(N3CCN(C(=O)c4ccc(-n5cccc5)cc4)CC3)sc2c1. The second-order valence-corrected chi connectivity index (χ2v) is 8.58. The first kappa shape index (κ1) is 18.9. The highest BCUT2D eigenvalue weighted by Crippen LogP contribution is 2.30. The number of aromatic nitrogens is 2. The number of hydrogen-bond donors (Lipinski definition) is 0. The number of thiazole rings is 1. The second kappa shape index (κ2) is 7.95. The third kappa shape index (κ3) is 3.59. The van der Waals surface area contributed by atoms with Gasteiger partial charge in [0, 0.05) is 49.8 Å². The van der Waals surface area contributed by atoms with Gasteiger partial charge in [0.25, 0.3) is 5.91 Å². The normalized spacial score (nSPS) is 14.4. The molecule has 30 heavy (non-hydrogen) atoms. The molecule has 0 spiro atoms. The number of fused-ring (bicyclic) bond motifs is 1. The first-order valence-corrected chi connectivity index (χ1v) is 11.2. The van der Waals surface area contributed by atoms with E-state index in [2.05, 4.69) is 30.0 Å². The number of hydrogen-bond acceptors (Lipinski definition) is 4. The molecule has 2 aromatic heterocycles. The molecule has 5 rings (SSSR count). The summed E-state index contributed by atoms with van der Waals surface area (Å²) in [5.74, 6) is 0.102. The van der Waals surface area contributed by atoms with E-state index in [-0.39, 0.29) is 5.91 Å². The molecule has 152 valence electrons. The zero-order chi connectivity index (χ0) is 20.5. The van der Waals surface area contributed by atoms with Gasteiger partial charge in [-0.1, -0.05) is 24.3 Å². The predicted octanol–water partition coefficient (Wildman–Crippen LogP) is 4.61. The summed E-state index contributed by atoms with van der Waals surface area (Å²) in [4.78, 5) is 22.0. The van der Waals surface area contributed by atoms with E-state index in [9.17, 15) is 4.79 Å². The topological polar surface area (TPSA) is 41.4 Å². The summed E-state index contributed by atoms with van der Waals surface area (Å²) in [6.07, 6.45) is 5.04. The van der Waals surface area contributed by atoms with Gasteiger partial charge in [-0.15, -0.1) is 0 Å². The number of carbonyl (C=O) groups excluding carboxylic acids is 1. The maximum Gasteiger partial charge on any atom is 0.253 e. The number of piperazine rings is 1. The van der Waals surface area contributed by atoms with E-state index in [1.807, 2.05) is 58.3 Å². The van der Waals surface area contributed by atoms with Gasteiger partial charge in [0.1, 0.15) is 0 Å². The Kier molecular flexibility index (Phi) is 5.01. The lowest BCUT2D eigenvalue weighted by Crippen LogP contribution is -2.48. The van der Waals surface area contributed by atoms with Crippen molar-refractivity contribution in [1.29, 1.82) is 0 Å². The first-order valence-electron chi connectivity index (χ1n) is 10.4. The van der Waals surface area contributed by atoms with Crippen molar-refractivity contribution < 1.29 is 4.79 Å². The van der Waals surface area contributed by atoms with Gasteiger partial charge in [-0.3, -0.25) is 4.79 Å². The third-order valence-corrected chi connectivity index (χ3v) is 6.78. The molecule has 2 aromatic carbocycles. The van der Waals surface area contributed by atoms with Gasteiger partial charge < -0.3 is 14.4 Å². The summed E-state index contributed by atoms with van der Waals surface area (Å²) in [6, 6.07) is 18.3.